The maximum atomic E-state index is 12.1. The van der Waals surface area contributed by atoms with E-state index >= 15 is 0 Å². The minimum Gasteiger partial charge on any atom is -0.430 e. The number of carbonyl (C=O) groups excluding carboxylic acids is 1. The minimum atomic E-state index is -1.56. The van der Waals surface area contributed by atoms with Gasteiger partial charge in [-0.3, -0.25) is 4.79 Å². The van der Waals surface area contributed by atoms with Crippen LogP contribution in [0.15, 0.2) is 27.8 Å². The number of hydrogen-bond donors (Lipinski definition) is 1. The number of nitrogens with zero attached hydrogens (tertiary/aromatic N) is 2. The van der Waals surface area contributed by atoms with Crippen LogP contribution in [-0.2, 0) is 15.6 Å². The van der Waals surface area contributed by atoms with Crippen LogP contribution in [0.1, 0.15) is 12.8 Å². The van der Waals surface area contributed by atoms with Gasteiger partial charge in [0.2, 0.25) is 5.91 Å². The Bertz CT molecular complexity index is 677. The summed E-state index contributed by atoms with van der Waals surface area (Å²) < 4.78 is 17.6. The molecule has 106 valence electrons. The highest BCUT2D eigenvalue weighted by atomic mass is 32.2. The molecule has 1 saturated heterocycles. The summed E-state index contributed by atoms with van der Waals surface area (Å²) >= 11 is 0. The Hall–Kier alpha value is -1.89. The number of aromatic nitrogens is 1. The zero-order valence-corrected chi connectivity index (χ0v) is 11.7. The first-order valence-corrected chi connectivity index (χ1v) is 7.77. The average Bonchev–Trinajstić information content (AvgIpc) is 3.07. The van der Waals surface area contributed by atoms with Crippen LogP contribution in [0.2, 0.25) is 0 Å². The molecule has 1 amide bonds. The first-order valence-electron chi connectivity index (χ1n) is 6.46. The molecule has 1 aliphatic heterocycles. The van der Waals surface area contributed by atoms with Crippen LogP contribution in [0.4, 0.5) is 5.69 Å². The number of hydrogen-bond acceptors (Lipinski definition) is 5. The van der Waals surface area contributed by atoms with E-state index in [4.69, 9.17) is 10.2 Å². The third kappa shape index (κ3) is 2.53. The summed E-state index contributed by atoms with van der Waals surface area (Å²) in [6.07, 6.45) is 2.03. The predicted octanol–water partition coefficient (Wildman–Crippen LogP) is 1.14. The van der Waals surface area contributed by atoms with Crippen LogP contribution in [-0.4, -0.2) is 38.8 Å². The van der Waals surface area contributed by atoms with Gasteiger partial charge in [-0.05, 0) is 31.0 Å². The summed E-state index contributed by atoms with van der Waals surface area (Å²) in [5.41, 5.74) is 7.30. The highest BCUT2D eigenvalue weighted by Gasteiger charge is 2.22. The molecule has 0 bridgehead atoms. The fourth-order valence-electron chi connectivity index (χ4n) is 2.25. The highest BCUT2D eigenvalue weighted by molar-refractivity contribution is 7.85. The van der Waals surface area contributed by atoms with E-state index in [1.165, 1.54) is 0 Å². The van der Waals surface area contributed by atoms with E-state index in [2.05, 4.69) is 4.98 Å². The Morgan fingerprint density at radius 2 is 2.15 bits per heavy atom. The molecule has 3 rings (SSSR count). The molecule has 1 unspecified atom stereocenters. The van der Waals surface area contributed by atoms with Gasteiger partial charge in [0.25, 0.3) is 5.22 Å². The molecule has 0 aliphatic carbocycles. The van der Waals surface area contributed by atoms with Crippen LogP contribution < -0.4 is 5.73 Å². The second kappa shape index (κ2) is 5.24. The summed E-state index contributed by atoms with van der Waals surface area (Å²) in [5, 5.41) is 0.0816. The lowest BCUT2D eigenvalue weighted by molar-refractivity contribution is -0.127. The Morgan fingerprint density at radius 1 is 1.40 bits per heavy atom. The van der Waals surface area contributed by atoms with Gasteiger partial charge in [0.05, 0.1) is 0 Å². The molecular weight excluding hydrogens is 278 g/mol. The molecule has 1 aromatic heterocycles. The van der Waals surface area contributed by atoms with Crippen molar-refractivity contribution >= 4 is 33.5 Å². The van der Waals surface area contributed by atoms with Crippen molar-refractivity contribution in [3.63, 3.8) is 0 Å². The van der Waals surface area contributed by atoms with E-state index in [1.807, 2.05) is 0 Å². The lowest BCUT2D eigenvalue weighted by Crippen LogP contribution is -2.31. The number of likely N-dealkylation sites (tertiary alicyclic amines) is 1. The number of nitrogens with two attached hydrogens (primary N) is 1. The second-order valence-corrected chi connectivity index (χ2v) is 6.11. The Kier molecular flexibility index (Phi) is 3.43. The van der Waals surface area contributed by atoms with E-state index in [0.29, 0.717) is 16.8 Å². The van der Waals surface area contributed by atoms with Crippen molar-refractivity contribution in [3.8, 4) is 0 Å². The van der Waals surface area contributed by atoms with Crippen LogP contribution in [0.25, 0.3) is 11.1 Å². The number of amides is 1. The highest BCUT2D eigenvalue weighted by Crippen LogP contribution is 2.20. The van der Waals surface area contributed by atoms with Gasteiger partial charge in [0.1, 0.15) is 22.1 Å². The maximum absolute atomic E-state index is 12.1. The molecule has 1 aliphatic rings. The average molecular weight is 293 g/mol. The molecule has 1 aromatic carbocycles. The van der Waals surface area contributed by atoms with Crippen molar-refractivity contribution in [3.05, 3.63) is 18.2 Å². The number of nitrogen functional groups attached to an aromatic ring is 1. The summed E-state index contributed by atoms with van der Waals surface area (Å²) in [6.45, 7) is 1.50. The molecule has 0 radical (unpaired) electrons. The standard InChI is InChI=1S/C13H15N3O3S/c14-9-3-4-11-10(7-9)15-13(19-11)20(18)8-12(17)16-5-1-2-6-16/h3-4,7H,1-2,5-6,8,14H2. The summed E-state index contributed by atoms with van der Waals surface area (Å²) in [7, 11) is -1.56. The van der Waals surface area contributed by atoms with Gasteiger partial charge in [-0.2, -0.15) is 0 Å². The van der Waals surface area contributed by atoms with E-state index in [1.54, 1.807) is 23.1 Å². The van der Waals surface area contributed by atoms with Gasteiger partial charge < -0.3 is 15.1 Å². The molecule has 0 spiro atoms. The van der Waals surface area contributed by atoms with E-state index < -0.39 is 10.8 Å². The molecule has 20 heavy (non-hydrogen) atoms. The first kappa shape index (κ1) is 13.1. The lowest BCUT2D eigenvalue weighted by atomic mass is 10.3. The fourth-order valence-corrected chi connectivity index (χ4v) is 3.17. The third-order valence-corrected chi connectivity index (χ3v) is 4.37. The van der Waals surface area contributed by atoms with Gasteiger partial charge in [-0.1, -0.05) is 0 Å². The van der Waals surface area contributed by atoms with Crippen LogP contribution >= 0.6 is 0 Å². The summed E-state index contributed by atoms with van der Waals surface area (Å²) in [4.78, 5) is 17.8. The van der Waals surface area contributed by atoms with E-state index in [0.717, 1.165) is 25.9 Å². The molecule has 2 N–H and O–H groups in total. The molecule has 1 atom stereocenters. The second-order valence-electron chi connectivity index (χ2n) is 4.78. The number of benzene rings is 1. The molecule has 1 fully saturated rings. The van der Waals surface area contributed by atoms with Crippen molar-refractivity contribution in [2.45, 2.75) is 18.1 Å². The predicted molar refractivity (Wildman–Crippen MR) is 75.5 cm³/mol. The molecule has 7 heteroatoms. The third-order valence-electron chi connectivity index (χ3n) is 3.30. The van der Waals surface area contributed by atoms with Crippen LogP contribution in [0.5, 0.6) is 0 Å². The topological polar surface area (TPSA) is 89.4 Å². The van der Waals surface area contributed by atoms with Crippen LogP contribution in [0, 0.1) is 0 Å². The zero-order valence-electron chi connectivity index (χ0n) is 10.9. The Labute approximate surface area is 118 Å². The molecule has 2 heterocycles. The SMILES string of the molecule is Nc1ccc2oc(S(=O)CC(=O)N3CCCC3)nc2c1. The number of fused-ring (bicyclic) bond motifs is 1. The maximum Gasteiger partial charge on any atom is 0.288 e. The minimum absolute atomic E-state index is 0.0810. The number of anilines is 1. The Balaban J connectivity index is 1.76. The lowest BCUT2D eigenvalue weighted by Gasteiger charge is -2.13. The van der Waals surface area contributed by atoms with E-state index in [9.17, 15) is 9.00 Å². The first-order chi connectivity index (χ1) is 9.63. The molecule has 2 aromatic rings. The monoisotopic (exact) mass is 293 g/mol. The smallest absolute Gasteiger partial charge is 0.288 e. The number of rotatable bonds is 3. The molecular formula is C13H15N3O3S. The number of carbonyl (C=O) groups is 1. The van der Waals surface area contributed by atoms with Crippen molar-refractivity contribution in [2.75, 3.05) is 24.6 Å². The van der Waals surface area contributed by atoms with Crippen molar-refractivity contribution in [1.82, 2.24) is 9.88 Å². The van der Waals surface area contributed by atoms with Gasteiger partial charge in [-0.25, -0.2) is 9.19 Å². The Morgan fingerprint density at radius 3 is 2.90 bits per heavy atom. The van der Waals surface area contributed by atoms with Gasteiger partial charge in [0, 0.05) is 18.8 Å². The van der Waals surface area contributed by atoms with Gasteiger partial charge >= 0.3 is 0 Å². The zero-order chi connectivity index (χ0) is 14.1. The summed E-state index contributed by atoms with van der Waals surface area (Å²) in [6, 6.07) is 5.03. The summed E-state index contributed by atoms with van der Waals surface area (Å²) in [5.74, 6) is -0.190. The van der Waals surface area contributed by atoms with E-state index in [-0.39, 0.29) is 16.9 Å². The normalized spacial score (nSPS) is 16.7. The molecule has 6 nitrogen and oxygen atoms in total. The van der Waals surface area contributed by atoms with Crippen LogP contribution in [0.3, 0.4) is 0 Å². The van der Waals surface area contributed by atoms with Gasteiger partial charge in [-0.15, -0.1) is 0 Å². The fraction of sp³-hybridized carbons (Fsp3) is 0.385. The van der Waals surface area contributed by atoms with Crippen molar-refractivity contribution in [1.29, 1.82) is 0 Å². The van der Waals surface area contributed by atoms with Gasteiger partial charge in [0.15, 0.2) is 5.58 Å². The van der Waals surface area contributed by atoms with Crippen molar-refractivity contribution < 1.29 is 13.4 Å². The van der Waals surface area contributed by atoms with Crippen molar-refractivity contribution in [2.24, 2.45) is 0 Å². The number of oxazole rings is 1. The molecule has 0 saturated carbocycles. The quantitative estimate of drug-likeness (QED) is 0.857. The largest absolute Gasteiger partial charge is 0.430 e.